The van der Waals surface area contributed by atoms with Crippen LogP contribution in [-0.4, -0.2) is 50.3 Å². The van der Waals surface area contributed by atoms with Crippen molar-refractivity contribution < 1.29 is 19.1 Å². The molecule has 4 nitrogen and oxygen atoms in total. The molecule has 0 saturated heterocycles. The van der Waals surface area contributed by atoms with Gasteiger partial charge in [0, 0.05) is 11.8 Å². The Hall–Kier alpha value is 0.0138. The lowest BCUT2D eigenvalue weighted by Gasteiger charge is -2.56. The summed E-state index contributed by atoms with van der Waals surface area (Å²) in [6, 6.07) is 0. The zero-order valence-electron chi connectivity index (χ0n) is 24.8. The van der Waals surface area contributed by atoms with Crippen molar-refractivity contribution in [2.75, 3.05) is 0 Å². The summed E-state index contributed by atoms with van der Waals surface area (Å²) in [7, 11) is -4.21. The maximum absolute atomic E-state index is 12.4. The molecule has 4 rings (SSSR count). The van der Waals surface area contributed by atoms with Crippen molar-refractivity contribution in [3.8, 4) is 0 Å². The highest BCUT2D eigenvalue weighted by atomic mass is 28.4. The van der Waals surface area contributed by atoms with Gasteiger partial charge in [-0.2, -0.15) is 0 Å². The highest BCUT2D eigenvalue weighted by Gasteiger charge is 2.76. The third-order valence-electron chi connectivity index (χ3n) is 10.9. The summed E-state index contributed by atoms with van der Waals surface area (Å²) in [6.07, 6.45) is 2.94. The van der Waals surface area contributed by atoms with Crippen LogP contribution in [0.2, 0.25) is 37.8 Å². The van der Waals surface area contributed by atoms with Crippen molar-refractivity contribution in [1.29, 1.82) is 0 Å². The zero-order chi connectivity index (χ0) is 26.7. The molecule has 4 aliphatic carbocycles. The molecule has 0 aromatic carbocycles. The minimum Gasteiger partial charge on any atom is -0.413 e. The van der Waals surface area contributed by atoms with E-state index in [1.165, 1.54) is 0 Å². The number of aliphatic hydroxyl groups excluding tert-OH is 1. The van der Waals surface area contributed by atoms with Gasteiger partial charge in [-0.25, -0.2) is 0 Å². The maximum Gasteiger partial charge on any atom is 0.192 e. The van der Waals surface area contributed by atoms with E-state index in [4.69, 9.17) is 8.85 Å². The first-order valence-electron chi connectivity index (χ1n) is 14.1. The predicted molar refractivity (Wildman–Crippen MR) is 149 cm³/mol. The number of hydrogen-bond acceptors (Lipinski definition) is 4. The van der Waals surface area contributed by atoms with E-state index in [1.54, 1.807) is 0 Å². The van der Waals surface area contributed by atoms with Gasteiger partial charge in [-0.3, -0.25) is 0 Å². The van der Waals surface area contributed by atoms with Gasteiger partial charge >= 0.3 is 0 Å². The number of rotatable bonds is 4. The van der Waals surface area contributed by atoms with E-state index >= 15 is 0 Å². The van der Waals surface area contributed by atoms with Gasteiger partial charge in [0.25, 0.3) is 0 Å². The molecular formula is C29H54O4Si2. The fourth-order valence-corrected chi connectivity index (χ4v) is 11.1. The van der Waals surface area contributed by atoms with E-state index in [0.29, 0.717) is 18.3 Å². The highest BCUT2D eigenvalue weighted by molar-refractivity contribution is 6.74. The summed E-state index contributed by atoms with van der Waals surface area (Å²) in [6.45, 7) is 29.9. The monoisotopic (exact) mass is 522 g/mol. The fourth-order valence-electron chi connectivity index (χ4n) is 8.20. The van der Waals surface area contributed by atoms with Gasteiger partial charge in [-0.05, 0) is 85.3 Å². The predicted octanol–water partition coefficient (Wildman–Crippen LogP) is 6.60. The lowest BCUT2D eigenvalue weighted by Crippen LogP contribution is -2.62. The second kappa shape index (κ2) is 8.01. The molecule has 0 radical (unpaired) electrons. The Bertz CT molecular complexity index is 884. The quantitative estimate of drug-likeness (QED) is 0.322. The van der Waals surface area contributed by atoms with Crippen LogP contribution in [0.3, 0.4) is 0 Å². The Morgan fingerprint density at radius 3 is 2.09 bits per heavy atom. The van der Waals surface area contributed by atoms with Crippen molar-refractivity contribution in [3.05, 3.63) is 11.6 Å². The number of allylic oxidation sites excluding steroid dienone is 1. The lowest BCUT2D eigenvalue weighted by atomic mass is 9.62. The fraction of sp³-hybridized carbons (Fsp3) is 0.931. The molecular weight excluding hydrogens is 468 g/mol. The summed E-state index contributed by atoms with van der Waals surface area (Å²) in [5, 5.41) is 24.4. The standard InChI is InChI=1S/C29H54O4Si2/c1-17-14-21-28(31,16-17)25(30)19(3)24(32-35(12,13)26(4,5)6)23-22-20(27(22,7)8)15-18(2)29(21,23)33-34(9,10)11/h14,17-20,22-25,30-31H,15-16H2,1-13H3/t17-,18+,19-,20+,22+,23+,24?,25+,28-,29?/m0/s1. The second-order valence-electron chi connectivity index (χ2n) is 16.0. The number of hydrogen-bond donors (Lipinski definition) is 2. The van der Waals surface area contributed by atoms with Crippen LogP contribution in [0.5, 0.6) is 0 Å². The molecule has 4 aliphatic rings. The smallest absolute Gasteiger partial charge is 0.192 e. The summed E-state index contributed by atoms with van der Waals surface area (Å²) >= 11 is 0. The molecule has 3 saturated carbocycles. The zero-order valence-corrected chi connectivity index (χ0v) is 26.8. The van der Waals surface area contributed by atoms with Gasteiger partial charge in [0.15, 0.2) is 16.6 Å². The molecule has 10 atom stereocenters. The van der Waals surface area contributed by atoms with Crippen LogP contribution >= 0.6 is 0 Å². The van der Waals surface area contributed by atoms with E-state index in [9.17, 15) is 10.2 Å². The van der Waals surface area contributed by atoms with Crippen molar-refractivity contribution in [2.45, 2.75) is 129 Å². The van der Waals surface area contributed by atoms with Crippen LogP contribution in [0, 0.1) is 40.9 Å². The van der Waals surface area contributed by atoms with Gasteiger partial charge in [0.1, 0.15) is 5.60 Å². The van der Waals surface area contributed by atoms with Crippen LogP contribution < -0.4 is 0 Å². The molecule has 2 unspecified atom stereocenters. The van der Waals surface area contributed by atoms with Gasteiger partial charge in [-0.1, -0.05) is 61.5 Å². The summed E-state index contributed by atoms with van der Waals surface area (Å²) in [5.74, 6) is 1.53. The summed E-state index contributed by atoms with van der Waals surface area (Å²) in [5.41, 5.74) is -0.657. The van der Waals surface area contributed by atoms with Crippen LogP contribution in [0.4, 0.5) is 0 Å². The Labute approximate surface area is 217 Å². The molecule has 0 aromatic heterocycles. The van der Waals surface area contributed by atoms with E-state index in [-0.39, 0.29) is 40.2 Å². The largest absolute Gasteiger partial charge is 0.413 e. The van der Waals surface area contributed by atoms with Crippen molar-refractivity contribution >= 4 is 16.6 Å². The first-order chi connectivity index (χ1) is 15.6. The van der Waals surface area contributed by atoms with Crippen LogP contribution in [-0.2, 0) is 8.85 Å². The van der Waals surface area contributed by atoms with Crippen molar-refractivity contribution in [3.63, 3.8) is 0 Å². The highest BCUT2D eigenvalue weighted by Crippen LogP contribution is 2.75. The van der Waals surface area contributed by atoms with Crippen LogP contribution in [0.1, 0.15) is 68.2 Å². The van der Waals surface area contributed by atoms with E-state index in [2.05, 4.69) is 94.2 Å². The van der Waals surface area contributed by atoms with Gasteiger partial charge in [0.2, 0.25) is 0 Å². The topological polar surface area (TPSA) is 58.9 Å². The lowest BCUT2D eigenvalue weighted by molar-refractivity contribution is -0.104. The van der Waals surface area contributed by atoms with Crippen molar-refractivity contribution in [1.82, 2.24) is 0 Å². The molecule has 0 bridgehead atoms. The summed E-state index contributed by atoms with van der Waals surface area (Å²) < 4.78 is 14.8. The Morgan fingerprint density at radius 2 is 1.57 bits per heavy atom. The third kappa shape index (κ3) is 4.03. The van der Waals surface area contributed by atoms with Gasteiger partial charge < -0.3 is 19.1 Å². The van der Waals surface area contributed by atoms with E-state index in [0.717, 1.165) is 12.0 Å². The average molecular weight is 523 g/mol. The molecule has 202 valence electrons. The number of fused-ring (bicyclic) bond motifs is 5. The second-order valence-corrected chi connectivity index (χ2v) is 25.1. The first-order valence-corrected chi connectivity index (χ1v) is 20.4. The molecule has 35 heavy (non-hydrogen) atoms. The maximum atomic E-state index is 12.4. The van der Waals surface area contributed by atoms with E-state index in [1.807, 2.05) is 0 Å². The SMILES string of the molecule is C[C@@H]1C[C@@H]2[C@H]([C@@H]3C(O[Si](C)(C)C(C)(C)C)[C@H](C)[C@@H](O)[C@]4(O)C[C@@H](C)C=C4C13O[Si](C)(C)C)C2(C)C. The minimum atomic E-state index is -2.16. The first kappa shape index (κ1) is 28.0. The average Bonchev–Trinajstić information content (AvgIpc) is 3.05. The molecule has 0 aliphatic heterocycles. The molecule has 6 heteroatoms. The Morgan fingerprint density at radius 1 is 1.00 bits per heavy atom. The van der Waals surface area contributed by atoms with Gasteiger partial charge in [-0.15, -0.1) is 0 Å². The van der Waals surface area contributed by atoms with E-state index < -0.39 is 33.9 Å². The van der Waals surface area contributed by atoms with Crippen molar-refractivity contribution in [2.24, 2.45) is 40.9 Å². The Balaban J connectivity index is 2.01. The molecule has 0 heterocycles. The third-order valence-corrected chi connectivity index (χ3v) is 16.3. The summed E-state index contributed by atoms with van der Waals surface area (Å²) in [4.78, 5) is 0. The Kier molecular flexibility index (Phi) is 6.42. The molecule has 2 N–H and O–H groups in total. The molecule has 0 amide bonds. The van der Waals surface area contributed by atoms with Gasteiger partial charge in [0.05, 0.1) is 17.8 Å². The minimum absolute atomic E-state index is 0.0611. The van der Waals surface area contributed by atoms with Crippen LogP contribution in [0.25, 0.3) is 0 Å². The normalized spacial score (nSPS) is 47.3. The van der Waals surface area contributed by atoms with Crippen LogP contribution in [0.15, 0.2) is 11.6 Å². The number of aliphatic hydroxyl groups is 2. The molecule has 3 fully saturated rings. The molecule has 0 spiro atoms. The molecule has 0 aromatic rings.